The molecule has 0 N–H and O–H groups in total. The van der Waals surface area contributed by atoms with Gasteiger partial charge in [0, 0.05) is 6.07 Å². The summed E-state index contributed by atoms with van der Waals surface area (Å²) in [5, 5.41) is -0.150. The second kappa shape index (κ2) is 7.98. The van der Waals surface area contributed by atoms with Gasteiger partial charge in [0.15, 0.2) is 11.5 Å². The third kappa shape index (κ3) is 4.35. The number of rotatable bonds is 6. The predicted molar refractivity (Wildman–Crippen MR) is 104 cm³/mol. The van der Waals surface area contributed by atoms with Crippen LogP contribution in [0.1, 0.15) is 25.5 Å². The van der Waals surface area contributed by atoms with Crippen molar-refractivity contribution in [2.24, 2.45) is 5.92 Å². The lowest BCUT2D eigenvalue weighted by Crippen LogP contribution is -2.16. The second-order valence-electron chi connectivity index (χ2n) is 6.92. The van der Waals surface area contributed by atoms with Crippen molar-refractivity contribution in [2.75, 3.05) is 6.61 Å². The van der Waals surface area contributed by atoms with Crippen LogP contribution >= 0.6 is 0 Å². The summed E-state index contributed by atoms with van der Waals surface area (Å²) in [5.74, 6) is -3.15. The summed E-state index contributed by atoms with van der Waals surface area (Å²) < 4.78 is 62.0. The maximum Gasteiger partial charge on any atom is 0.453 e. The smallest absolute Gasteiger partial charge is 0.453 e. The first-order valence-electron chi connectivity index (χ1n) is 9.57. The van der Waals surface area contributed by atoms with E-state index >= 15 is 0 Å². The highest BCUT2D eigenvalue weighted by molar-refractivity contribution is 5.82. The molecule has 4 rings (SSSR count). The molecule has 3 aromatic rings. The van der Waals surface area contributed by atoms with E-state index in [1.54, 1.807) is 13.0 Å². The number of benzene rings is 2. The van der Waals surface area contributed by atoms with Gasteiger partial charge in [0.05, 0.1) is 17.9 Å². The zero-order chi connectivity index (χ0) is 22.2. The van der Waals surface area contributed by atoms with E-state index in [0.29, 0.717) is 12.8 Å². The van der Waals surface area contributed by atoms with Crippen molar-refractivity contribution < 1.29 is 36.6 Å². The summed E-state index contributed by atoms with van der Waals surface area (Å²) in [7, 11) is 0. The molecule has 1 aliphatic carbocycles. The van der Waals surface area contributed by atoms with E-state index in [-0.39, 0.29) is 40.7 Å². The van der Waals surface area contributed by atoms with Crippen molar-refractivity contribution >= 4 is 16.9 Å². The summed E-state index contributed by atoms with van der Waals surface area (Å²) in [6.07, 6.45) is -3.59. The highest BCUT2D eigenvalue weighted by atomic mass is 19.4. The van der Waals surface area contributed by atoms with E-state index < -0.39 is 29.1 Å². The molecule has 162 valence electrons. The molecule has 31 heavy (non-hydrogen) atoms. The van der Waals surface area contributed by atoms with Gasteiger partial charge < -0.3 is 18.6 Å². The Morgan fingerprint density at radius 2 is 1.84 bits per heavy atom. The van der Waals surface area contributed by atoms with Gasteiger partial charge in [-0.2, -0.15) is 13.2 Å². The number of hydrogen-bond acceptors (Lipinski definition) is 6. The molecular formula is C22H17F3O6. The van der Waals surface area contributed by atoms with Gasteiger partial charge in [-0.05, 0) is 44.0 Å². The van der Waals surface area contributed by atoms with E-state index in [1.807, 2.05) is 0 Å². The molecule has 0 saturated heterocycles. The summed E-state index contributed by atoms with van der Waals surface area (Å²) in [6.45, 7) is 1.96. The standard InChI is InChI=1S/C22H17F3O6/c1-2-28-15-5-3-4-6-16(15)30-19-18(26)14-10-9-13(29-21(27)12-7-8-12)11-17(14)31-20(19)22(23,24)25/h3-6,9-12H,2,7-8H2,1H3. The minimum Gasteiger partial charge on any atom is -0.490 e. The number of esters is 1. The topological polar surface area (TPSA) is 75.0 Å². The number of carbonyl (C=O) groups excluding carboxylic acids is 1. The van der Waals surface area contributed by atoms with E-state index in [9.17, 15) is 22.8 Å². The number of ether oxygens (including phenoxy) is 3. The number of para-hydroxylation sites is 2. The number of alkyl halides is 3. The van der Waals surface area contributed by atoms with E-state index in [4.69, 9.17) is 18.6 Å². The zero-order valence-electron chi connectivity index (χ0n) is 16.3. The molecule has 0 unspecified atom stereocenters. The largest absolute Gasteiger partial charge is 0.490 e. The highest BCUT2D eigenvalue weighted by Gasteiger charge is 2.41. The molecule has 9 heteroatoms. The number of hydrogen-bond donors (Lipinski definition) is 0. The quantitative estimate of drug-likeness (QED) is 0.386. The Labute approximate surface area is 174 Å². The van der Waals surface area contributed by atoms with Gasteiger partial charge in [0.1, 0.15) is 11.3 Å². The molecule has 6 nitrogen and oxygen atoms in total. The zero-order valence-corrected chi connectivity index (χ0v) is 16.3. The van der Waals surface area contributed by atoms with Crippen molar-refractivity contribution in [1.29, 1.82) is 0 Å². The van der Waals surface area contributed by atoms with Crippen LogP contribution < -0.4 is 19.6 Å². The average molecular weight is 434 g/mol. The van der Waals surface area contributed by atoms with Crippen LogP contribution in [0, 0.1) is 5.92 Å². The minimum absolute atomic E-state index is 0.00367. The van der Waals surface area contributed by atoms with Gasteiger partial charge in [-0.1, -0.05) is 12.1 Å². The lowest BCUT2D eigenvalue weighted by molar-refractivity contribution is -0.154. The number of fused-ring (bicyclic) bond motifs is 1. The van der Waals surface area contributed by atoms with E-state index in [0.717, 1.165) is 6.07 Å². The second-order valence-corrected chi connectivity index (χ2v) is 6.92. The van der Waals surface area contributed by atoms with Crippen LogP contribution in [0.25, 0.3) is 11.0 Å². The first-order valence-corrected chi connectivity index (χ1v) is 9.57. The molecule has 0 radical (unpaired) electrons. The van der Waals surface area contributed by atoms with E-state index in [2.05, 4.69) is 0 Å². The lowest BCUT2D eigenvalue weighted by atomic mass is 10.2. The maximum absolute atomic E-state index is 13.7. The fraction of sp³-hybridized carbons (Fsp3) is 0.273. The number of halogens is 3. The van der Waals surface area contributed by atoms with Crippen molar-refractivity contribution in [1.82, 2.24) is 0 Å². The Morgan fingerprint density at radius 1 is 1.13 bits per heavy atom. The predicted octanol–water partition coefficient (Wildman–Crippen LogP) is 5.32. The SMILES string of the molecule is CCOc1ccccc1Oc1c(C(F)(F)F)oc2cc(OC(=O)C3CC3)ccc2c1=O. The van der Waals surface area contributed by atoms with E-state index in [1.165, 1.54) is 30.3 Å². The van der Waals surface area contributed by atoms with Gasteiger partial charge >= 0.3 is 12.1 Å². The summed E-state index contributed by atoms with van der Waals surface area (Å²) in [5.41, 5.74) is -1.39. The lowest BCUT2D eigenvalue weighted by Gasteiger charge is -2.15. The van der Waals surface area contributed by atoms with Crippen LogP contribution in [0.5, 0.6) is 23.0 Å². The Bertz CT molecular complexity index is 1190. The van der Waals surface area contributed by atoms with Gasteiger partial charge in [0.2, 0.25) is 11.2 Å². The maximum atomic E-state index is 13.7. The average Bonchev–Trinajstić information content (AvgIpc) is 3.56. The normalized spacial score (nSPS) is 13.8. The molecule has 1 fully saturated rings. The molecule has 0 aliphatic heterocycles. The van der Waals surface area contributed by atoms with Crippen molar-refractivity contribution in [3.8, 4) is 23.0 Å². The van der Waals surface area contributed by atoms with Crippen LogP contribution in [0.3, 0.4) is 0 Å². The molecule has 0 bridgehead atoms. The van der Waals surface area contributed by atoms with Crippen LogP contribution in [0.15, 0.2) is 51.7 Å². The van der Waals surface area contributed by atoms with Crippen LogP contribution in [-0.4, -0.2) is 12.6 Å². The Balaban J connectivity index is 1.80. The first-order chi connectivity index (χ1) is 14.8. The summed E-state index contributed by atoms with van der Waals surface area (Å²) >= 11 is 0. The molecule has 1 heterocycles. The third-order valence-electron chi connectivity index (χ3n) is 4.57. The van der Waals surface area contributed by atoms with Crippen LogP contribution in [0.4, 0.5) is 13.2 Å². The number of carbonyl (C=O) groups is 1. The molecule has 1 aromatic heterocycles. The molecular weight excluding hydrogens is 417 g/mol. The van der Waals surface area contributed by atoms with Crippen LogP contribution in [-0.2, 0) is 11.0 Å². The monoisotopic (exact) mass is 434 g/mol. The molecule has 0 atom stereocenters. The fourth-order valence-electron chi connectivity index (χ4n) is 2.94. The van der Waals surface area contributed by atoms with Crippen molar-refractivity contribution in [3.63, 3.8) is 0 Å². The molecule has 2 aromatic carbocycles. The minimum atomic E-state index is -5.01. The Hall–Kier alpha value is -3.49. The molecule has 1 saturated carbocycles. The first kappa shape index (κ1) is 20.8. The summed E-state index contributed by atoms with van der Waals surface area (Å²) in [6, 6.07) is 9.70. The van der Waals surface area contributed by atoms with Gasteiger partial charge in [-0.15, -0.1) is 0 Å². The molecule has 1 aliphatic rings. The molecule has 0 amide bonds. The highest BCUT2D eigenvalue weighted by Crippen LogP contribution is 2.40. The third-order valence-corrected chi connectivity index (χ3v) is 4.57. The van der Waals surface area contributed by atoms with Crippen molar-refractivity contribution in [3.05, 3.63) is 58.4 Å². The van der Waals surface area contributed by atoms with Gasteiger partial charge in [-0.3, -0.25) is 9.59 Å². The van der Waals surface area contributed by atoms with Crippen molar-refractivity contribution in [2.45, 2.75) is 25.9 Å². The Kier molecular flexibility index (Phi) is 5.34. The fourth-order valence-corrected chi connectivity index (χ4v) is 2.94. The van der Waals surface area contributed by atoms with Gasteiger partial charge in [0.25, 0.3) is 5.76 Å². The van der Waals surface area contributed by atoms with Crippen LogP contribution in [0.2, 0.25) is 0 Å². The molecule has 0 spiro atoms. The Morgan fingerprint density at radius 3 is 2.48 bits per heavy atom. The summed E-state index contributed by atoms with van der Waals surface area (Å²) in [4.78, 5) is 24.7. The van der Waals surface area contributed by atoms with Gasteiger partial charge in [-0.25, -0.2) is 0 Å².